The minimum atomic E-state index is -3.39. The quantitative estimate of drug-likeness (QED) is 0.703. The van der Waals surface area contributed by atoms with Gasteiger partial charge in [0.15, 0.2) is 0 Å². The molecule has 1 aromatic carbocycles. The first-order valence-electron chi connectivity index (χ1n) is 6.36. The van der Waals surface area contributed by atoms with E-state index in [1.165, 1.54) is 24.3 Å². The summed E-state index contributed by atoms with van der Waals surface area (Å²) in [5.41, 5.74) is 0. The first-order chi connectivity index (χ1) is 9.39. The molecule has 0 aliphatic rings. The third kappa shape index (κ3) is 7.42. The summed E-state index contributed by atoms with van der Waals surface area (Å²) in [6, 6.07) is 5.41. The Hall–Kier alpha value is -1.18. The maximum Gasteiger partial charge on any atom is 0.215 e. The molecule has 0 spiro atoms. The van der Waals surface area contributed by atoms with E-state index in [4.69, 9.17) is 9.47 Å². The van der Waals surface area contributed by atoms with E-state index in [0.29, 0.717) is 12.4 Å². The molecule has 1 rings (SSSR count). The van der Waals surface area contributed by atoms with E-state index in [-0.39, 0.29) is 30.8 Å². The van der Waals surface area contributed by atoms with Crippen molar-refractivity contribution >= 4 is 10.0 Å². The Morgan fingerprint density at radius 3 is 2.45 bits per heavy atom. The molecular weight excluding hydrogens is 285 g/mol. The lowest BCUT2D eigenvalue weighted by atomic mass is 10.3. The van der Waals surface area contributed by atoms with E-state index < -0.39 is 10.0 Å². The van der Waals surface area contributed by atoms with Gasteiger partial charge in [0.1, 0.15) is 18.2 Å². The van der Waals surface area contributed by atoms with E-state index >= 15 is 0 Å². The number of sulfonamides is 1. The largest absolute Gasteiger partial charge is 0.492 e. The first-order valence-corrected chi connectivity index (χ1v) is 8.01. The van der Waals surface area contributed by atoms with Crippen molar-refractivity contribution in [2.45, 2.75) is 20.0 Å². The zero-order chi connectivity index (χ0) is 15.0. The zero-order valence-corrected chi connectivity index (χ0v) is 12.5. The molecular formula is C13H20FNO4S. The molecule has 114 valence electrons. The molecule has 0 saturated carbocycles. The Morgan fingerprint density at radius 2 is 1.85 bits per heavy atom. The van der Waals surface area contributed by atoms with Gasteiger partial charge in [-0.3, -0.25) is 0 Å². The highest BCUT2D eigenvalue weighted by atomic mass is 32.2. The Bertz CT molecular complexity index is 488. The van der Waals surface area contributed by atoms with Gasteiger partial charge in [-0.05, 0) is 38.1 Å². The van der Waals surface area contributed by atoms with Crippen molar-refractivity contribution in [1.29, 1.82) is 0 Å². The normalized spacial score (nSPS) is 11.8. The summed E-state index contributed by atoms with van der Waals surface area (Å²) in [4.78, 5) is 0. The molecule has 1 aromatic rings. The van der Waals surface area contributed by atoms with E-state index in [9.17, 15) is 12.8 Å². The van der Waals surface area contributed by atoms with Crippen molar-refractivity contribution in [3.8, 4) is 5.75 Å². The summed E-state index contributed by atoms with van der Waals surface area (Å²) in [5, 5.41) is 0. The van der Waals surface area contributed by atoms with Gasteiger partial charge in [-0.1, -0.05) is 0 Å². The van der Waals surface area contributed by atoms with Crippen LogP contribution in [-0.2, 0) is 14.8 Å². The predicted octanol–water partition coefficient (Wildman–Crippen LogP) is 1.55. The SMILES string of the molecule is CC(C)OCCNS(=O)(=O)CCOc1ccc(F)cc1. The number of hydrogen-bond acceptors (Lipinski definition) is 4. The second-order valence-corrected chi connectivity index (χ2v) is 6.36. The molecule has 0 amide bonds. The van der Waals surface area contributed by atoms with Gasteiger partial charge in [-0.2, -0.15) is 0 Å². The maximum atomic E-state index is 12.7. The summed E-state index contributed by atoms with van der Waals surface area (Å²) < 4.78 is 48.8. The lowest BCUT2D eigenvalue weighted by molar-refractivity contribution is 0.0833. The lowest BCUT2D eigenvalue weighted by Gasteiger charge is -2.10. The highest BCUT2D eigenvalue weighted by Gasteiger charge is 2.10. The molecule has 0 aliphatic carbocycles. The molecule has 0 heterocycles. The summed E-state index contributed by atoms with van der Waals surface area (Å²) >= 11 is 0. The predicted molar refractivity (Wildman–Crippen MR) is 74.8 cm³/mol. The first kappa shape index (κ1) is 16.9. The molecule has 0 unspecified atom stereocenters. The lowest BCUT2D eigenvalue weighted by Crippen LogP contribution is -2.32. The molecule has 0 radical (unpaired) electrons. The molecule has 20 heavy (non-hydrogen) atoms. The molecule has 5 nitrogen and oxygen atoms in total. The van der Waals surface area contributed by atoms with Crippen LogP contribution in [0.2, 0.25) is 0 Å². The molecule has 0 aromatic heterocycles. The van der Waals surface area contributed by atoms with Crippen LogP contribution in [-0.4, -0.2) is 40.0 Å². The Balaban J connectivity index is 2.24. The number of ether oxygens (including phenoxy) is 2. The molecule has 0 fully saturated rings. The standard InChI is InChI=1S/C13H20FNO4S/c1-11(2)18-8-7-15-20(16,17)10-9-19-13-5-3-12(14)4-6-13/h3-6,11,15H,7-10H2,1-2H3. The van der Waals surface area contributed by atoms with E-state index in [0.717, 1.165) is 0 Å². The molecule has 7 heteroatoms. The van der Waals surface area contributed by atoms with Gasteiger partial charge < -0.3 is 9.47 Å². The van der Waals surface area contributed by atoms with Gasteiger partial charge in [0.05, 0.1) is 18.5 Å². The highest BCUT2D eigenvalue weighted by molar-refractivity contribution is 7.89. The van der Waals surface area contributed by atoms with Crippen molar-refractivity contribution in [2.75, 3.05) is 25.5 Å². The second kappa shape index (κ2) is 8.18. The van der Waals surface area contributed by atoms with Crippen LogP contribution in [0.4, 0.5) is 4.39 Å². The minimum absolute atomic E-state index is 0.00596. The molecule has 0 saturated heterocycles. The summed E-state index contributed by atoms with van der Waals surface area (Å²) in [7, 11) is -3.39. The Morgan fingerprint density at radius 1 is 1.20 bits per heavy atom. The van der Waals surface area contributed by atoms with Crippen molar-refractivity contribution in [3.63, 3.8) is 0 Å². The van der Waals surface area contributed by atoms with Crippen LogP contribution in [0.1, 0.15) is 13.8 Å². The smallest absolute Gasteiger partial charge is 0.215 e. The van der Waals surface area contributed by atoms with Crippen LogP contribution in [0, 0.1) is 5.82 Å². The molecule has 0 aliphatic heterocycles. The average molecular weight is 305 g/mol. The number of hydrogen-bond donors (Lipinski definition) is 1. The number of benzene rings is 1. The molecule has 0 bridgehead atoms. The van der Waals surface area contributed by atoms with E-state index in [2.05, 4.69) is 4.72 Å². The van der Waals surface area contributed by atoms with Crippen molar-refractivity contribution in [3.05, 3.63) is 30.1 Å². The monoisotopic (exact) mass is 305 g/mol. The van der Waals surface area contributed by atoms with Gasteiger partial charge in [-0.25, -0.2) is 17.5 Å². The van der Waals surface area contributed by atoms with Gasteiger partial charge in [0.25, 0.3) is 0 Å². The maximum absolute atomic E-state index is 12.7. The Labute approximate surface area is 119 Å². The second-order valence-electron chi connectivity index (χ2n) is 4.44. The van der Waals surface area contributed by atoms with Gasteiger partial charge in [-0.15, -0.1) is 0 Å². The van der Waals surface area contributed by atoms with E-state index in [1.807, 2.05) is 13.8 Å². The highest BCUT2D eigenvalue weighted by Crippen LogP contribution is 2.10. The van der Waals surface area contributed by atoms with Crippen LogP contribution in [0.5, 0.6) is 5.75 Å². The van der Waals surface area contributed by atoms with Crippen LogP contribution < -0.4 is 9.46 Å². The Kier molecular flexibility index (Phi) is 6.90. The van der Waals surface area contributed by atoms with Gasteiger partial charge in [0.2, 0.25) is 10.0 Å². The average Bonchev–Trinajstić information content (AvgIpc) is 2.37. The fourth-order valence-corrected chi connectivity index (χ4v) is 2.21. The third-order valence-electron chi connectivity index (χ3n) is 2.31. The fraction of sp³-hybridized carbons (Fsp3) is 0.538. The number of halogens is 1. The number of nitrogens with one attached hydrogen (secondary N) is 1. The minimum Gasteiger partial charge on any atom is -0.492 e. The summed E-state index contributed by atoms with van der Waals surface area (Å²) in [6.45, 7) is 4.33. The van der Waals surface area contributed by atoms with E-state index in [1.54, 1.807) is 0 Å². The summed E-state index contributed by atoms with van der Waals surface area (Å²) in [5.74, 6) is -0.0898. The zero-order valence-electron chi connectivity index (χ0n) is 11.6. The molecule has 1 N–H and O–H groups in total. The summed E-state index contributed by atoms with van der Waals surface area (Å²) in [6.07, 6.45) is 0.0707. The van der Waals surface area contributed by atoms with Crippen LogP contribution in [0.15, 0.2) is 24.3 Å². The van der Waals surface area contributed by atoms with Crippen molar-refractivity contribution in [1.82, 2.24) is 4.72 Å². The van der Waals surface area contributed by atoms with Crippen LogP contribution in [0.3, 0.4) is 0 Å². The van der Waals surface area contributed by atoms with Gasteiger partial charge in [0, 0.05) is 6.54 Å². The topological polar surface area (TPSA) is 64.6 Å². The van der Waals surface area contributed by atoms with Crippen LogP contribution >= 0.6 is 0 Å². The fourth-order valence-electron chi connectivity index (χ4n) is 1.36. The third-order valence-corrected chi connectivity index (χ3v) is 3.66. The number of rotatable bonds is 9. The van der Waals surface area contributed by atoms with Crippen molar-refractivity contribution < 1.29 is 22.3 Å². The van der Waals surface area contributed by atoms with Crippen molar-refractivity contribution in [2.24, 2.45) is 0 Å². The van der Waals surface area contributed by atoms with Gasteiger partial charge >= 0.3 is 0 Å². The van der Waals surface area contributed by atoms with Crippen LogP contribution in [0.25, 0.3) is 0 Å². The molecule has 0 atom stereocenters.